The van der Waals surface area contributed by atoms with E-state index in [1.807, 2.05) is 18.7 Å². The molecule has 2 atom stereocenters. The number of halogens is 5. The van der Waals surface area contributed by atoms with Crippen molar-refractivity contribution in [3.05, 3.63) is 64.6 Å². The lowest BCUT2D eigenvalue weighted by Gasteiger charge is -2.45. The quantitative estimate of drug-likeness (QED) is 0.276. The summed E-state index contributed by atoms with van der Waals surface area (Å²) in [6.45, 7) is 8.36. The molecule has 6 nitrogen and oxygen atoms in total. The molecular formula is C28H27F5N4O2S2. The first kappa shape index (κ1) is 29.4. The van der Waals surface area contributed by atoms with Gasteiger partial charge >= 0.3 is 11.9 Å². The second-order valence-corrected chi connectivity index (χ2v) is 11.6. The zero-order valence-electron chi connectivity index (χ0n) is 22.3. The number of anilines is 1. The van der Waals surface area contributed by atoms with Crippen LogP contribution in [0, 0.1) is 11.6 Å². The highest BCUT2D eigenvalue weighted by Gasteiger charge is 2.44. The van der Waals surface area contributed by atoms with Crippen LogP contribution in [0.4, 0.5) is 27.8 Å². The Bertz CT molecular complexity index is 1590. The Balaban J connectivity index is 0.00000165. The molecule has 1 aromatic heterocycles. The van der Waals surface area contributed by atoms with E-state index in [4.69, 9.17) is 0 Å². The highest BCUT2D eigenvalue weighted by molar-refractivity contribution is 7.99. The predicted octanol–water partition coefficient (Wildman–Crippen LogP) is 5.81. The molecule has 2 saturated heterocycles. The smallest absolute Gasteiger partial charge is 0.348 e. The second kappa shape index (κ2) is 11.3. The van der Waals surface area contributed by atoms with Crippen molar-refractivity contribution in [1.82, 2.24) is 14.5 Å². The summed E-state index contributed by atoms with van der Waals surface area (Å²) in [6, 6.07) is 2.90. The standard InChI is InChI=1S/C26H21F5N4O2S2.C2H6/c1-2-20(36)33-5-6-34(19-12-38-11-18(19)33)24-15-10-16(26(29,30)31)21(14-4-3-13(27)9-17(14)28)23-22(15)35(7-8-39-23)25(37)32-24;1-2/h2-4,9-10,18-19H,1,5-8,11-12H2;1-2H3. The van der Waals surface area contributed by atoms with E-state index in [1.165, 1.54) is 10.6 Å². The summed E-state index contributed by atoms with van der Waals surface area (Å²) in [4.78, 5) is 33.6. The van der Waals surface area contributed by atoms with Crippen LogP contribution in [0.3, 0.4) is 0 Å². The van der Waals surface area contributed by atoms with Crippen molar-refractivity contribution >= 4 is 46.2 Å². The van der Waals surface area contributed by atoms with Gasteiger partial charge < -0.3 is 9.80 Å². The maximum atomic E-state index is 14.9. The van der Waals surface area contributed by atoms with E-state index in [0.29, 0.717) is 24.1 Å². The fourth-order valence-electron chi connectivity index (χ4n) is 5.71. The largest absolute Gasteiger partial charge is 0.417 e. The van der Waals surface area contributed by atoms with Crippen molar-refractivity contribution < 1.29 is 26.7 Å². The van der Waals surface area contributed by atoms with Gasteiger partial charge in [0.2, 0.25) is 5.91 Å². The molecule has 0 bridgehead atoms. The fraction of sp³-hybridized carbons (Fsp3) is 0.393. The Labute approximate surface area is 241 Å². The molecule has 0 spiro atoms. The minimum atomic E-state index is -4.88. The molecule has 3 aromatic rings. The zero-order chi connectivity index (χ0) is 29.6. The number of hydrogen-bond donors (Lipinski definition) is 0. The first-order valence-corrected chi connectivity index (χ1v) is 15.3. The van der Waals surface area contributed by atoms with Gasteiger partial charge in [0.15, 0.2) is 0 Å². The van der Waals surface area contributed by atoms with E-state index in [0.717, 1.165) is 30.0 Å². The summed E-state index contributed by atoms with van der Waals surface area (Å²) >= 11 is 2.72. The van der Waals surface area contributed by atoms with E-state index in [1.54, 1.807) is 16.7 Å². The number of aromatic nitrogens is 2. The Morgan fingerprint density at radius 1 is 1.10 bits per heavy atom. The number of rotatable bonds is 3. The molecule has 1 amide bonds. The number of amides is 1. The predicted molar refractivity (Wildman–Crippen MR) is 153 cm³/mol. The molecule has 41 heavy (non-hydrogen) atoms. The summed E-state index contributed by atoms with van der Waals surface area (Å²) in [5.41, 5.74) is -2.26. The van der Waals surface area contributed by atoms with E-state index in [-0.39, 0.29) is 58.4 Å². The number of aryl methyl sites for hydroxylation is 1. The first-order valence-electron chi connectivity index (χ1n) is 13.1. The Morgan fingerprint density at radius 2 is 1.83 bits per heavy atom. The number of carbonyl (C=O) groups is 1. The Hall–Kier alpha value is -3.06. The van der Waals surface area contributed by atoms with Crippen molar-refractivity contribution in [1.29, 1.82) is 0 Å². The van der Waals surface area contributed by atoms with Gasteiger partial charge in [-0.15, -0.1) is 11.8 Å². The summed E-state index contributed by atoms with van der Waals surface area (Å²) in [5.74, 6) is -0.617. The fourth-order valence-corrected chi connectivity index (χ4v) is 8.33. The van der Waals surface area contributed by atoms with Crippen LogP contribution in [0.25, 0.3) is 22.0 Å². The van der Waals surface area contributed by atoms with Crippen LogP contribution >= 0.6 is 23.5 Å². The third kappa shape index (κ3) is 5.00. The number of fused-ring (bicyclic) bond motifs is 1. The summed E-state index contributed by atoms with van der Waals surface area (Å²) < 4.78 is 73.7. The molecule has 6 rings (SSSR count). The average molecular weight is 611 g/mol. The molecule has 0 aliphatic carbocycles. The van der Waals surface area contributed by atoms with Gasteiger partial charge in [-0.3, -0.25) is 9.36 Å². The maximum Gasteiger partial charge on any atom is 0.417 e. The van der Waals surface area contributed by atoms with Gasteiger partial charge in [0.25, 0.3) is 0 Å². The lowest BCUT2D eigenvalue weighted by Crippen LogP contribution is -2.61. The Kier molecular flexibility index (Phi) is 8.12. The molecule has 13 heteroatoms. The number of thioether (sulfide) groups is 2. The number of hydrogen-bond acceptors (Lipinski definition) is 6. The van der Waals surface area contributed by atoms with E-state index >= 15 is 0 Å². The van der Waals surface area contributed by atoms with Gasteiger partial charge in [0.05, 0.1) is 23.2 Å². The van der Waals surface area contributed by atoms with Crippen LogP contribution in [0.15, 0.2) is 46.6 Å². The van der Waals surface area contributed by atoms with E-state index in [9.17, 15) is 31.5 Å². The SMILES string of the molecule is C=CC(=O)N1CCN(c2nc(=O)n3c4c(c(-c5ccc(F)cc5F)c(C(F)(F)F)cc24)SCC3)C2CSCC21.CC. The molecule has 4 heterocycles. The molecule has 218 valence electrons. The van der Waals surface area contributed by atoms with Crippen molar-refractivity contribution in [2.45, 2.75) is 43.5 Å². The lowest BCUT2D eigenvalue weighted by atomic mass is 9.95. The number of carbonyl (C=O) groups excluding carboxylic acids is 1. The summed E-state index contributed by atoms with van der Waals surface area (Å²) in [6.07, 6.45) is -3.64. The molecule has 3 aliphatic rings. The third-order valence-corrected chi connectivity index (χ3v) is 9.63. The number of piperazine rings is 1. The molecule has 0 saturated carbocycles. The monoisotopic (exact) mass is 610 g/mol. The van der Waals surface area contributed by atoms with E-state index in [2.05, 4.69) is 11.6 Å². The van der Waals surface area contributed by atoms with Crippen molar-refractivity contribution in [3.63, 3.8) is 0 Å². The molecule has 2 unspecified atom stereocenters. The van der Waals surface area contributed by atoms with Crippen LogP contribution in [0.1, 0.15) is 19.4 Å². The van der Waals surface area contributed by atoms with Crippen molar-refractivity contribution in [3.8, 4) is 11.1 Å². The summed E-state index contributed by atoms with van der Waals surface area (Å²) in [5, 5.41) is 0.134. The average Bonchev–Trinajstić information content (AvgIpc) is 3.45. The van der Waals surface area contributed by atoms with Crippen LogP contribution in [0.5, 0.6) is 0 Å². The van der Waals surface area contributed by atoms with Gasteiger partial charge in [-0.2, -0.15) is 29.9 Å². The van der Waals surface area contributed by atoms with E-state index < -0.39 is 40.2 Å². The van der Waals surface area contributed by atoms with Crippen LogP contribution < -0.4 is 10.6 Å². The minimum Gasteiger partial charge on any atom is -0.348 e. The van der Waals surface area contributed by atoms with Gasteiger partial charge in [-0.05, 0) is 24.3 Å². The maximum absolute atomic E-state index is 14.9. The van der Waals surface area contributed by atoms with Crippen molar-refractivity contribution in [2.24, 2.45) is 0 Å². The van der Waals surface area contributed by atoms with Gasteiger partial charge in [0.1, 0.15) is 17.5 Å². The topological polar surface area (TPSA) is 58.4 Å². The van der Waals surface area contributed by atoms with Crippen LogP contribution in [-0.4, -0.2) is 62.8 Å². The Morgan fingerprint density at radius 3 is 2.51 bits per heavy atom. The molecule has 2 fully saturated rings. The molecular weight excluding hydrogens is 583 g/mol. The molecule has 2 aromatic carbocycles. The molecule has 0 radical (unpaired) electrons. The highest BCUT2D eigenvalue weighted by atomic mass is 32.2. The second-order valence-electron chi connectivity index (χ2n) is 9.47. The van der Waals surface area contributed by atoms with Crippen molar-refractivity contribution in [2.75, 3.05) is 35.2 Å². The lowest BCUT2D eigenvalue weighted by molar-refractivity contribution is -0.137. The summed E-state index contributed by atoms with van der Waals surface area (Å²) in [7, 11) is 0. The number of benzene rings is 2. The molecule has 3 aliphatic heterocycles. The highest BCUT2D eigenvalue weighted by Crippen LogP contribution is 2.49. The number of nitrogens with zero attached hydrogens (tertiary/aromatic N) is 4. The van der Waals surface area contributed by atoms with Crippen LogP contribution in [-0.2, 0) is 17.5 Å². The van der Waals surface area contributed by atoms with Gasteiger partial charge in [0, 0.05) is 64.4 Å². The molecule has 0 N–H and O–H groups in total. The zero-order valence-corrected chi connectivity index (χ0v) is 23.9. The first-order chi connectivity index (χ1) is 19.6. The van der Waals surface area contributed by atoms with Crippen LogP contribution in [0.2, 0.25) is 0 Å². The normalized spacial score (nSPS) is 20.0. The van der Waals surface area contributed by atoms with Gasteiger partial charge in [-0.1, -0.05) is 20.4 Å². The minimum absolute atomic E-state index is 0.107. The number of alkyl halides is 3. The third-order valence-electron chi connectivity index (χ3n) is 7.40. The van der Waals surface area contributed by atoms with Gasteiger partial charge in [-0.25, -0.2) is 13.6 Å².